The Morgan fingerprint density at radius 3 is 2.53 bits per heavy atom. The highest BCUT2D eigenvalue weighted by Gasteiger charge is 2.30. The minimum absolute atomic E-state index is 0.252. The van der Waals surface area contributed by atoms with Crippen molar-refractivity contribution in [2.45, 2.75) is 32.1 Å². The molecule has 0 aromatic heterocycles. The van der Waals surface area contributed by atoms with E-state index in [4.69, 9.17) is 4.74 Å². The van der Waals surface area contributed by atoms with Crippen molar-refractivity contribution in [3.63, 3.8) is 0 Å². The first-order valence-electron chi connectivity index (χ1n) is 6.78. The summed E-state index contributed by atoms with van der Waals surface area (Å²) >= 11 is 3.37. The van der Waals surface area contributed by atoms with Gasteiger partial charge in [-0.25, -0.2) is 0 Å². The Morgan fingerprint density at radius 1 is 1.32 bits per heavy atom. The van der Waals surface area contributed by atoms with Gasteiger partial charge in [0, 0.05) is 4.47 Å². The third-order valence-electron chi connectivity index (χ3n) is 3.80. The van der Waals surface area contributed by atoms with E-state index in [1.807, 2.05) is 24.3 Å². The van der Waals surface area contributed by atoms with E-state index >= 15 is 0 Å². The van der Waals surface area contributed by atoms with Crippen LogP contribution >= 0.6 is 15.9 Å². The molecule has 2 rings (SSSR count). The Kier molecular flexibility index (Phi) is 5.25. The Balaban J connectivity index is 1.82. The van der Waals surface area contributed by atoms with E-state index in [0.717, 1.165) is 23.1 Å². The third-order valence-corrected chi connectivity index (χ3v) is 4.33. The first-order chi connectivity index (χ1) is 9.16. The summed E-state index contributed by atoms with van der Waals surface area (Å²) in [6, 6.07) is 7.60. The quantitative estimate of drug-likeness (QED) is 0.855. The van der Waals surface area contributed by atoms with Crippen molar-refractivity contribution in [2.75, 3.05) is 6.61 Å². The van der Waals surface area contributed by atoms with Crippen LogP contribution in [0.4, 0.5) is 0 Å². The molecule has 0 spiro atoms. The molecular weight excluding hydrogens is 308 g/mol. The molecule has 1 atom stereocenters. The highest BCUT2D eigenvalue weighted by molar-refractivity contribution is 9.10. The van der Waals surface area contributed by atoms with Crippen LogP contribution in [0.15, 0.2) is 28.7 Å². The number of hydrogen-bond acceptors (Lipinski definition) is 2. The number of aliphatic carboxylic acids is 1. The number of carbonyl (C=O) groups is 1. The van der Waals surface area contributed by atoms with E-state index in [1.165, 1.54) is 12.8 Å². The zero-order valence-electron chi connectivity index (χ0n) is 10.8. The average Bonchev–Trinajstić information content (AvgIpc) is 2.90. The third kappa shape index (κ3) is 4.23. The van der Waals surface area contributed by atoms with Gasteiger partial charge in [-0.15, -0.1) is 0 Å². The van der Waals surface area contributed by atoms with E-state index in [-0.39, 0.29) is 5.92 Å². The largest absolute Gasteiger partial charge is 0.494 e. The molecule has 0 heterocycles. The molecule has 1 N–H and O–H groups in total. The van der Waals surface area contributed by atoms with Crippen molar-refractivity contribution < 1.29 is 14.6 Å². The van der Waals surface area contributed by atoms with Crippen LogP contribution < -0.4 is 4.74 Å². The molecule has 3 nitrogen and oxygen atoms in total. The smallest absolute Gasteiger partial charge is 0.306 e. The standard InChI is InChI=1S/C15H19BrO3/c16-12-5-7-13(8-6-12)19-10-9-14(15(17)18)11-3-1-2-4-11/h5-8,11,14H,1-4,9-10H2,(H,17,18). The molecular formula is C15H19BrO3. The fourth-order valence-corrected chi connectivity index (χ4v) is 3.02. The molecule has 1 fully saturated rings. The van der Waals surface area contributed by atoms with Gasteiger partial charge in [-0.1, -0.05) is 28.8 Å². The predicted octanol–water partition coefficient (Wildman–Crippen LogP) is 4.11. The van der Waals surface area contributed by atoms with E-state index in [0.29, 0.717) is 18.9 Å². The molecule has 104 valence electrons. The minimum Gasteiger partial charge on any atom is -0.494 e. The van der Waals surface area contributed by atoms with Crippen molar-refractivity contribution in [1.82, 2.24) is 0 Å². The van der Waals surface area contributed by atoms with Gasteiger partial charge >= 0.3 is 5.97 Å². The van der Waals surface area contributed by atoms with Crippen LogP contribution in [-0.2, 0) is 4.79 Å². The topological polar surface area (TPSA) is 46.5 Å². The highest BCUT2D eigenvalue weighted by atomic mass is 79.9. The normalized spacial score (nSPS) is 17.3. The van der Waals surface area contributed by atoms with Gasteiger partial charge < -0.3 is 9.84 Å². The van der Waals surface area contributed by atoms with Gasteiger partial charge in [-0.3, -0.25) is 4.79 Å². The molecule has 1 unspecified atom stereocenters. The zero-order valence-corrected chi connectivity index (χ0v) is 12.4. The summed E-state index contributed by atoms with van der Waals surface area (Å²) in [5.41, 5.74) is 0. The maximum absolute atomic E-state index is 11.3. The lowest BCUT2D eigenvalue weighted by Crippen LogP contribution is -2.24. The van der Waals surface area contributed by atoms with Crippen LogP contribution in [0.3, 0.4) is 0 Å². The lowest BCUT2D eigenvalue weighted by Gasteiger charge is -2.19. The molecule has 1 saturated carbocycles. The maximum atomic E-state index is 11.3. The number of halogens is 1. The Labute approximate surface area is 122 Å². The lowest BCUT2D eigenvalue weighted by atomic mass is 9.88. The summed E-state index contributed by atoms with van der Waals surface area (Å²) in [6.45, 7) is 0.467. The summed E-state index contributed by atoms with van der Waals surface area (Å²) in [6.07, 6.45) is 5.03. The minimum atomic E-state index is -0.675. The van der Waals surface area contributed by atoms with Crippen molar-refractivity contribution in [1.29, 1.82) is 0 Å². The molecule has 1 aromatic carbocycles. The molecule has 0 amide bonds. The Hall–Kier alpha value is -1.03. The zero-order chi connectivity index (χ0) is 13.7. The first kappa shape index (κ1) is 14.4. The van der Waals surface area contributed by atoms with E-state index in [9.17, 15) is 9.90 Å². The summed E-state index contributed by atoms with van der Waals surface area (Å²) in [4.78, 5) is 11.3. The second-order valence-electron chi connectivity index (χ2n) is 5.08. The van der Waals surface area contributed by atoms with Gasteiger partial charge in [0.15, 0.2) is 0 Å². The van der Waals surface area contributed by atoms with Crippen molar-refractivity contribution >= 4 is 21.9 Å². The number of hydrogen-bond donors (Lipinski definition) is 1. The van der Waals surface area contributed by atoms with Gasteiger partial charge in [-0.2, -0.15) is 0 Å². The molecule has 1 aliphatic carbocycles. The molecule has 0 aliphatic heterocycles. The van der Waals surface area contributed by atoms with Gasteiger partial charge in [-0.05, 0) is 49.4 Å². The van der Waals surface area contributed by atoms with E-state index in [2.05, 4.69) is 15.9 Å². The van der Waals surface area contributed by atoms with E-state index in [1.54, 1.807) is 0 Å². The van der Waals surface area contributed by atoms with E-state index < -0.39 is 5.97 Å². The highest BCUT2D eigenvalue weighted by Crippen LogP contribution is 2.33. The van der Waals surface area contributed by atoms with Crippen LogP contribution in [0.2, 0.25) is 0 Å². The Bertz CT molecular complexity index is 410. The van der Waals surface area contributed by atoms with Crippen molar-refractivity contribution in [2.24, 2.45) is 11.8 Å². The second-order valence-corrected chi connectivity index (χ2v) is 6.00. The molecule has 4 heteroatoms. The number of ether oxygens (including phenoxy) is 1. The molecule has 19 heavy (non-hydrogen) atoms. The van der Waals surface area contributed by atoms with Crippen LogP contribution in [0.1, 0.15) is 32.1 Å². The summed E-state index contributed by atoms with van der Waals surface area (Å²) in [5, 5.41) is 9.31. The number of benzene rings is 1. The molecule has 1 aliphatic rings. The Morgan fingerprint density at radius 2 is 1.95 bits per heavy atom. The predicted molar refractivity (Wildman–Crippen MR) is 77.3 cm³/mol. The van der Waals surface area contributed by atoms with Gasteiger partial charge in [0.1, 0.15) is 5.75 Å². The SMILES string of the molecule is O=C(O)C(CCOc1ccc(Br)cc1)C1CCCC1. The summed E-state index contributed by atoms with van der Waals surface area (Å²) < 4.78 is 6.63. The molecule has 0 bridgehead atoms. The van der Waals surface area contributed by atoms with Crippen molar-refractivity contribution in [3.8, 4) is 5.75 Å². The van der Waals surface area contributed by atoms with Crippen LogP contribution in [0, 0.1) is 11.8 Å². The van der Waals surface area contributed by atoms with Crippen molar-refractivity contribution in [3.05, 3.63) is 28.7 Å². The maximum Gasteiger partial charge on any atom is 0.306 e. The van der Waals surface area contributed by atoms with Gasteiger partial charge in [0.25, 0.3) is 0 Å². The fourth-order valence-electron chi connectivity index (χ4n) is 2.76. The van der Waals surface area contributed by atoms with Gasteiger partial charge in [0.2, 0.25) is 0 Å². The summed E-state index contributed by atoms with van der Waals surface area (Å²) in [5.74, 6) is 0.203. The van der Waals surface area contributed by atoms with Crippen LogP contribution in [-0.4, -0.2) is 17.7 Å². The van der Waals surface area contributed by atoms with Crippen LogP contribution in [0.25, 0.3) is 0 Å². The second kappa shape index (κ2) is 6.94. The molecule has 0 saturated heterocycles. The first-order valence-corrected chi connectivity index (χ1v) is 7.57. The molecule has 0 radical (unpaired) electrons. The molecule has 1 aromatic rings. The van der Waals surface area contributed by atoms with Gasteiger partial charge in [0.05, 0.1) is 12.5 Å². The monoisotopic (exact) mass is 326 g/mol. The van der Waals surface area contributed by atoms with Crippen LogP contribution in [0.5, 0.6) is 5.75 Å². The average molecular weight is 327 g/mol. The lowest BCUT2D eigenvalue weighted by molar-refractivity contribution is -0.144. The number of carboxylic acids is 1. The number of rotatable bonds is 6. The fraction of sp³-hybridized carbons (Fsp3) is 0.533. The summed E-state index contributed by atoms with van der Waals surface area (Å²) in [7, 11) is 0. The number of carboxylic acid groups (broad SMARTS) is 1.